The summed E-state index contributed by atoms with van der Waals surface area (Å²) >= 11 is 0. The minimum Gasteiger partial charge on any atom is -0.468 e. The third kappa shape index (κ3) is 2.56. The van der Waals surface area contributed by atoms with Gasteiger partial charge in [-0.05, 0) is 6.42 Å². The molecule has 0 saturated heterocycles. The van der Waals surface area contributed by atoms with Gasteiger partial charge in [0.1, 0.15) is 0 Å². The van der Waals surface area contributed by atoms with Crippen molar-refractivity contribution >= 4 is 11.9 Å². The van der Waals surface area contributed by atoms with Crippen LogP contribution < -0.4 is 0 Å². The van der Waals surface area contributed by atoms with Gasteiger partial charge in [-0.1, -0.05) is 12.2 Å². The summed E-state index contributed by atoms with van der Waals surface area (Å²) in [7, 11) is 2.43. The van der Waals surface area contributed by atoms with E-state index in [1.807, 2.05) is 0 Å². The van der Waals surface area contributed by atoms with Crippen LogP contribution in [0.4, 0.5) is 0 Å². The van der Waals surface area contributed by atoms with Gasteiger partial charge in [0.2, 0.25) is 0 Å². The lowest BCUT2D eigenvalue weighted by Gasteiger charge is -2.17. The van der Waals surface area contributed by atoms with Crippen LogP contribution in [-0.4, -0.2) is 37.4 Å². The van der Waals surface area contributed by atoms with Crippen LogP contribution in [0.15, 0.2) is 12.2 Å². The number of hydrogen-bond donors (Lipinski definition) is 1. The monoisotopic (exact) mass is 214 g/mol. The van der Waals surface area contributed by atoms with Gasteiger partial charge in [-0.25, -0.2) is 0 Å². The van der Waals surface area contributed by atoms with Gasteiger partial charge >= 0.3 is 11.9 Å². The average molecular weight is 214 g/mol. The molecule has 1 N–H and O–H groups in total. The second-order valence-corrected chi connectivity index (χ2v) is 3.38. The number of rotatable bonds is 3. The van der Waals surface area contributed by atoms with Crippen LogP contribution in [0.25, 0.3) is 0 Å². The number of allylic oxidation sites excluding steroid dienone is 1. The first-order valence-electron chi connectivity index (χ1n) is 4.62. The van der Waals surface area contributed by atoms with E-state index in [0.29, 0.717) is 6.42 Å². The zero-order chi connectivity index (χ0) is 11.4. The van der Waals surface area contributed by atoms with E-state index in [0.717, 1.165) is 0 Å². The fourth-order valence-electron chi connectivity index (χ4n) is 1.65. The second-order valence-electron chi connectivity index (χ2n) is 3.38. The molecule has 0 aromatic heterocycles. The minimum absolute atomic E-state index is 0.342. The number of carbonyl (C=O) groups excluding carboxylic acids is 2. The minimum atomic E-state index is -0.978. The second kappa shape index (κ2) is 4.93. The van der Waals surface area contributed by atoms with Gasteiger partial charge in [-0.15, -0.1) is 0 Å². The van der Waals surface area contributed by atoms with Gasteiger partial charge < -0.3 is 14.6 Å². The van der Waals surface area contributed by atoms with E-state index >= 15 is 0 Å². The molecule has 0 unspecified atom stereocenters. The van der Waals surface area contributed by atoms with Crippen molar-refractivity contribution in [3.8, 4) is 0 Å². The highest BCUT2D eigenvalue weighted by Gasteiger charge is 2.38. The first-order chi connectivity index (χ1) is 7.10. The molecule has 0 aliphatic heterocycles. The number of esters is 2. The summed E-state index contributed by atoms with van der Waals surface area (Å²) in [5.41, 5.74) is 0. The first kappa shape index (κ1) is 11.7. The summed E-state index contributed by atoms with van der Waals surface area (Å²) in [6, 6.07) is 0. The fraction of sp³-hybridized carbons (Fsp3) is 0.600. The van der Waals surface area contributed by atoms with Gasteiger partial charge in [0.15, 0.2) is 5.92 Å². The largest absolute Gasteiger partial charge is 0.468 e. The molecule has 0 fully saturated rings. The van der Waals surface area contributed by atoms with Crippen LogP contribution in [0.5, 0.6) is 0 Å². The molecule has 0 saturated carbocycles. The molecule has 0 radical (unpaired) electrons. The highest BCUT2D eigenvalue weighted by Crippen LogP contribution is 2.27. The number of aliphatic hydroxyl groups excluding tert-OH is 1. The van der Waals surface area contributed by atoms with Gasteiger partial charge in [0, 0.05) is 5.92 Å². The SMILES string of the molecule is COC(=O)C(C(=O)OC)[C@H]1C=C[C@@H](O)C1. The van der Waals surface area contributed by atoms with Crippen LogP contribution in [0.2, 0.25) is 0 Å². The van der Waals surface area contributed by atoms with Crippen LogP contribution in [0.3, 0.4) is 0 Å². The van der Waals surface area contributed by atoms with Crippen molar-refractivity contribution in [3.63, 3.8) is 0 Å². The number of hydrogen-bond acceptors (Lipinski definition) is 5. The van der Waals surface area contributed by atoms with E-state index in [-0.39, 0.29) is 5.92 Å². The first-order valence-corrected chi connectivity index (χ1v) is 4.62. The molecular weight excluding hydrogens is 200 g/mol. The Balaban J connectivity index is 2.77. The summed E-state index contributed by atoms with van der Waals surface area (Å²) in [6.45, 7) is 0. The number of carbonyl (C=O) groups is 2. The van der Waals surface area contributed by atoms with Crippen molar-refractivity contribution in [1.82, 2.24) is 0 Å². The van der Waals surface area contributed by atoms with Gasteiger partial charge in [0.25, 0.3) is 0 Å². The highest BCUT2D eigenvalue weighted by molar-refractivity contribution is 5.95. The highest BCUT2D eigenvalue weighted by atomic mass is 16.5. The lowest BCUT2D eigenvalue weighted by Crippen LogP contribution is -2.32. The number of methoxy groups -OCH3 is 2. The molecule has 0 aromatic rings. The molecule has 2 atom stereocenters. The molecule has 1 rings (SSSR count). The van der Waals surface area contributed by atoms with Crippen molar-refractivity contribution in [2.75, 3.05) is 14.2 Å². The van der Waals surface area contributed by atoms with Crippen molar-refractivity contribution in [3.05, 3.63) is 12.2 Å². The third-order valence-corrected chi connectivity index (χ3v) is 2.43. The third-order valence-electron chi connectivity index (χ3n) is 2.43. The van der Waals surface area contributed by atoms with Crippen LogP contribution >= 0.6 is 0 Å². The zero-order valence-corrected chi connectivity index (χ0v) is 8.67. The fourth-order valence-corrected chi connectivity index (χ4v) is 1.65. The molecule has 0 bridgehead atoms. The van der Waals surface area contributed by atoms with E-state index in [1.54, 1.807) is 12.2 Å². The van der Waals surface area contributed by atoms with E-state index in [2.05, 4.69) is 9.47 Å². The Morgan fingerprint density at radius 3 is 2.13 bits per heavy atom. The van der Waals surface area contributed by atoms with Gasteiger partial charge in [0.05, 0.1) is 20.3 Å². The van der Waals surface area contributed by atoms with Crippen LogP contribution in [-0.2, 0) is 19.1 Å². The topological polar surface area (TPSA) is 72.8 Å². The smallest absolute Gasteiger partial charge is 0.320 e. The predicted molar refractivity (Wildman–Crippen MR) is 50.8 cm³/mol. The predicted octanol–water partition coefficient (Wildman–Crippen LogP) is -0.114. The summed E-state index contributed by atoms with van der Waals surface area (Å²) < 4.78 is 9.06. The molecule has 1 aliphatic carbocycles. The molecule has 0 spiro atoms. The summed E-state index contributed by atoms with van der Waals surface area (Å²) in [4.78, 5) is 22.7. The lowest BCUT2D eigenvalue weighted by atomic mass is 9.91. The van der Waals surface area contributed by atoms with E-state index in [1.165, 1.54) is 14.2 Å². The van der Waals surface area contributed by atoms with Crippen LogP contribution in [0, 0.1) is 11.8 Å². The number of aliphatic hydroxyl groups is 1. The lowest BCUT2D eigenvalue weighted by molar-refractivity contribution is -0.160. The molecule has 1 aliphatic rings. The number of ether oxygens (including phenoxy) is 2. The Morgan fingerprint density at radius 1 is 1.27 bits per heavy atom. The summed E-state index contributed by atoms with van der Waals surface area (Å²) in [5.74, 6) is -2.59. The molecular formula is C10H14O5. The van der Waals surface area contributed by atoms with E-state index in [9.17, 15) is 14.7 Å². The van der Waals surface area contributed by atoms with Crippen molar-refractivity contribution < 1.29 is 24.2 Å². The van der Waals surface area contributed by atoms with E-state index < -0.39 is 24.0 Å². The molecule has 5 heteroatoms. The van der Waals surface area contributed by atoms with E-state index in [4.69, 9.17) is 0 Å². The zero-order valence-electron chi connectivity index (χ0n) is 8.67. The molecule has 5 nitrogen and oxygen atoms in total. The Bertz CT molecular complexity index is 268. The van der Waals surface area contributed by atoms with Crippen molar-refractivity contribution in [1.29, 1.82) is 0 Å². The van der Waals surface area contributed by atoms with Crippen LogP contribution in [0.1, 0.15) is 6.42 Å². The Labute approximate surface area is 87.7 Å². The quantitative estimate of drug-likeness (QED) is 0.403. The molecule has 0 aromatic carbocycles. The standard InChI is InChI=1S/C10H14O5/c1-14-9(12)8(10(13)15-2)6-3-4-7(11)5-6/h3-4,6-8,11H,5H2,1-2H3/t6-,7+/m0/s1. The summed E-state index contributed by atoms with van der Waals surface area (Å²) in [5, 5.41) is 9.27. The van der Waals surface area contributed by atoms with Crippen molar-refractivity contribution in [2.45, 2.75) is 12.5 Å². The Morgan fingerprint density at radius 2 is 1.80 bits per heavy atom. The van der Waals surface area contributed by atoms with Gasteiger partial charge in [-0.3, -0.25) is 9.59 Å². The Kier molecular flexibility index (Phi) is 3.85. The average Bonchev–Trinajstić information content (AvgIpc) is 2.64. The Hall–Kier alpha value is -1.36. The maximum Gasteiger partial charge on any atom is 0.320 e. The molecule has 84 valence electrons. The van der Waals surface area contributed by atoms with Crippen molar-refractivity contribution in [2.24, 2.45) is 11.8 Å². The molecule has 15 heavy (non-hydrogen) atoms. The summed E-state index contributed by atoms with van der Waals surface area (Å²) in [6.07, 6.45) is 2.94. The van der Waals surface area contributed by atoms with Gasteiger partial charge in [-0.2, -0.15) is 0 Å². The molecule has 0 heterocycles. The molecule has 0 amide bonds. The maximum absolute atomic E-state index is 11.4. The maximum atomic E-state index is 11.4. The normalized spacial score (nSPS) is 24.3.